The summed E-state index contributed by atoms with van der Waals surface area (Å²) in [4.78, 5) is 25.3. The number of ether oxygens (including phenoxy) is 1. The smallest absolute Gasteiger partial charge is 0.307 e. The zero-order valence-corrected chi connectivity index (χ0v) is 14.0. The zero-order valence-electron chi connectivity index (χ0n) is 13.2. The topological polar surface area (TPSA) is 84.9 Å². The van der Waals surface area contributed by atoms with E-state index in [0.29, 0.717) is 18.9 Å². The van der Waals surface area contributed by atoms with Gasteiger partial charge in [0.05, 0.1) is 32.1 Å². The molecule has 2 aromatic heterocycles. The molecule has 0 aromatic carbocycles. The first-order chi connectivity index (χ1) is 11.6. The van der Waals surface area contributed by atoms with Crippen molar-refractivity contribution in [3.8, 4) is 0 Å². The van der Waals surface area contributed by atoms with Gasteiger partial charge >= 0.3 is 5.97 Å². The molecule has 0 spiro atoms. The minimum absolute atomic E-state index is 0.144. The molecule has 0 radical (unpaired) electrons. The number of furan rings is 2. The quantitative estimate of drug-likeness (QED) is 0.606. The van der Waals surface area contributed by atoms with Crippen LogP contribution < -0.4 is 5.32 Å². The zero-order chi connectivity index (χ0) is 17.4. The molecule has 0 fully saturated rings. The number of amides is 1. The molecule has 7 nitrogen and oxygen atoms in total. The SMILES string of the molecule is CCOC(=O)CCN(Cc1ccco1)C(=S)NC(=O)c1ccco1. The molecule has 0 atom stereocenters. The van der Waals surface area contributed by atoms with Crippen LogP contribution in [0.4, 0.5) is 0 Å². The van der Waals surface area contributed by atoms with E-state index in [-0.39, 0.29) is 29.8 Å². The van der Waals surface area contributed by atoms with E-state index in [1.165, 1.54) is 12.3 Å². The maximum Gasteiger partial charge on any atom is 0.307 e. The van der Waals surface area contributed by atoms with Gasteiger partial charge in [-0.3, -0.25) is 14.9 Å². The first kappa shape index (κ1) is 17.7. The maximum absolute atomic E-state index is 12.0. The van der Waals surface area contributed by atoms with E-state index in [9.17, 15) is 9.59 Å². The molecular weight excluding hydrogens is 332 g/mol. The molecule has 0 bridgehead atoms. The Bertz CT molecular complexity index is 667. The largest absolute Gasteiger partial charge is 0.467 e. The van der Waals surface area contributed by atoms with Crippen molar-refractivity contribution in [2.24, 2.45) is 0 Å². The van der Waals surface area contributed by atoms with Gasteiger partial charge < -0.3 is 18.5 Å². The monoisotopic (exact) mass is 350 g/mol. The van der Waals surface area contributed by atoms with Crippen LogP contribution in [0.25, 0.3) is 0 Å². The predicted octanol–water partition coefficient (Wildman–Crippen LogP) is 2.34. The third-order valence-electron chi connectivity index (χ3n) is 3.07. The van der Waals surface area contributed by atoms with E-state index in [2.05, 4.69) is 5.32 Å². The van der Waals surface area contributed by atoms with Crippen LogP contribution >= 0.6 is 12.2 Å². The molecule has 2 rings (SSSR count). The molecule has 0 aliphatic rings. The minimum Gasteiger partial charge on any atom is -0.467 e. The van der Waals surface area contributed by atoms with Crippen LogP contribution in [0.3, 0.4) is 0 Å². The first-order valence-electron chi connectivity index (χ1n) is 7.42. The van der Waals surface area contributed by atoms with Crippen LogP contribution in [-0.4, -0.2) is 35.0 Å². The number of carbonyl (C=O) groups is 2. The van der Waals surface area contributed by atoms with Crippen molar-refractivity contribution in [1.29, 1.82) is 0 Å². The highest BCUT2D eigenvalue weighted by Gasteiger charge is 2.18. The molecule has 2 heterocycles. The molecule has 1 N–H and O–H groups in total. The van der Waals surface area contributed by atoms with E-state index in [1.54, 1.807) is 36.3 Å². The third kappa shape index (κ3) is 5.24. The van der Waals surface area contributed by atoms with E-state index in [1.807, 2.05) is 0 Å². The lowest BCUT2D eigenvalue weighted by Gasteiger charge is -2.23. The normalized spacial score (nSPS) is 10.2. The molecule has 2 aromatic rings. The molecule has 0 saturated heterocycles. The average molecular weight is 350 g/mol. The molecule has 0 aliphatic heterocycles. The molecule has 24 heavy (non-hydrogen) atoms. The highest BCUT2D eigenvalue weighted by Crippen LogP contribution is 2.08. The highest BCUT2D eigenvalue weighted by molar-refractivity contribution is 7.80. The van der Waals surface area contributed by atoms with Gasteiger partial charge in [-0.25, -0.2) is 0 Å². The Morgan fingerprint density at radius 3 is 2.62 bits per heavy atom. The van der Waals surface area contributed by atoms with Gasteiger partial charge in [0, 0.05) is 6.54 Å². The van der Waals surface area contributed by atoms with E-state index < -0.39 is 5.91 Å². The van der Waals surface area contributed by atoms with Crippen LogP contribution in [0.2, 0.25) is 0 Å². The predicted molar refractivity (Wildman–Crippen MR) is 89.1 cm³/mol. The fourth-order valence-corrected chi connectivity index (χ4v) is 2.20. The third-order valence-corrected chi connectivity index (χ3v) is 3.43. The Morgan fingerprint density at radius 2 is 2.00 bits per heavy atom. The minimum atomic E-state index is -0.453. The van der Waals surface area contributed by atoms with Gasteiger partial charge in [-0.2, -0.15) is 0 Å². The highest BCUT2D eigenvalue weighted by atomic mass is 32.1. The second-order valence-electron chi connectivity index (χ2n) is 4.79. The fourth-order valence-electron chi connectivity index (χ4n) is 1.95. The Balaban J connectivity index is 1.98. The van der Waals surface area contributed by atoms with Crippen LogP contribution in [0.1, 0.15) is 29.7 Å². The number of nitrogens with one attached hydrogen (secondary N) is 1. The number of thiocarbonyl (C=S) groups is 1. The first-order valence-corrected chi connectivity index (χ1v) is 7.82. The number of carbonyl (C=O) groups excluding carboxylic acids is 2. The van der Waals surface area contributed by atoms with Gasteiger partial charge in [-0.05, 0) is 43.4 Å². The van der Waals surface area contributed by atoms with Crippen LogP contribution in [0.15, 0.2) is 45.6 Å². The van der Waals surface area contributed by atoms with E-state index in [0.717, 1.165) is 0 Å². The summed E-state index contributed by atoms with van der Waals surface area (Å²) >= 11 is 5.27. The molecule has 1 amide bonds. The fraction of sp³-hybridized carbons (Fsp3) is 0.312. The van der Waals surface area contributed by atoms with Gasteiger partial charge in [-0.15, -0.1) is 0 Å². The second kappa shape index (κ2) is 8.88. The number of rotatable bonds is 7. The lowest BCUT2D eigenvalue weighted by Crippen LogP contribution is -2.43. The molecule has 128 valence electrons. The Kier molecular flexibility index (Phi) is 6.56. The summed E-state index contributed by atoms with van der Waals surface area (Å²) in [6, 6.07) is 6.68. The van der Waals surface area contributed by atoms with Gasteiger partial charge in [-0.1, -0.05) is 0 Å². The molecular formula is C16H18N2O5S. The summed E-state index contributed by atoms with van der Waals surface area (Å²) in [6.07, 6.45) is 3.09. The second-order valence-corrected chi connectivity index (χ2v) is 5.18. The van der Waals surface area contributed by atoms with Gasteiger partial charge in [0.2, 0.25) is 0 Å². The lowest BCUT2D eigenvalue weighted by molar-refractivity contribution is -0.143. The number of nitrogens with zero attached hydrogens (tertiary/aromatic N) is 1. The van der Waals surface area contributed by atoms with Crippen molar-refractivity contribution in [1.82, 2.24) is 10.2 Å². The molecule has 8 heteroatoms. The van der Waals surface area contributed by atoms with E-state index >= 15 is 0 Å². The molecule has 0 saturated carbocycles. The van der Waals surface area contributed by atoms with Gasteiger partial charge in [0.15, 0.2) is 10.9 Å². The average Bonchev–Trinajstić information content (AvgIpc) is 3.24. The van der Waals surface area contributed by atoms with Crippen molar-refractivity contribution in [3.05, 3.63) is 48.3 Å². The van der Waals surface area contributed by atoms with Crippen LogP contribution in [0, 0.1) is 0 Å². The van der Waals surface area contributed by atoms with Gasteiger partial charge in [0.1, 0.15) is 5.76 Å². The van der Waals surface area contributed by atoms with Crippen LogP contribution in [0.5, 0.6) is 0 Å². The summed E-state index contributed by atoms with van der Waals surface area (Å²) in [6.45, 7) is 2.67. The van der Waals surface area contributed by atoms with Crippen LogP contribution in [-0.2, 0) is 16.1 Å². The molecule has 0 aliphatic carbocycles. The molecule has 0 unspecified atom stereocenters. The lowest BCUT2D eigenvalue weighted by atomic mass is 10.3. The van der Waals surface area contributed by atoms with Crippen molar-refractivity contribution in [3.63, 3.8) is 0 Å². The number of hydrogen-bond donors (Lipinski definition) is 1. The van der Waals surface area contributed by atoms with Crippen molar-refractivity contribution in [2.45, 2.75) is 19.9 Å². The number of esters is 1. The summed E-state index contributed by atoms with van der Waals surface area (Å²) in [5.41, 5.74) is 0. The van der Waals surface area contributed by atoms with Crippen molar-refractivity contribution in [2.75, 3.05) is 13.2 Å². The Labute approximate surface area is 144 Å². The standard InChI is InChI=1S/C16H18N2O5S/c1-2-21-14(19)7-8-18(11-12-5-3-9-22-12)16(24)17-15(20)13-6-4-10-23-13/h3-6,9-10H,2,7-8,11H2,1H3,(H,17,20,24). The number of hydrogen-bond acceptors (Lipinski definition) is 6. The summed E-state index contributed by atoms with van der Waals surface area (Å²) in [7, 11) is 0. The van der Waals surface area contributed by atoms with Gasteiger partial charge in [0.25, 0.3) is 5.91 Å². The Morgan fingerprint density at radius 1 is 1.25 bits per heavy atom. The van der Waals surface area contributed by atoms with Crippen molar-refractivity contribution >= 4 is 29.2 Å². The summed E-state index contributed by atoms with van der Waals surface area (Å²) in [5, 5.41) is 2.76. The maximum atomic E-state index is 12.0. The summed E-state index contributed by atoms with van der Waals surface area (Å²) in [5.74, 6) is 0.0295. The van der Waals surface area contributed by atoms with Crippen molar-refractivity contribution < 1.29 is 23.2 Å². The Hall–Kier alpha value is -2.61. The van der Waals surface area contributed by atoms with E-state index in [4.69, 9.17) is 25.8 Å². The summed E-state index contributed by atoms with van der Waals surface area (Å²) < 4.78 is 15.2.